The van der Waals surface area contributed by atoms with Gasteiger partial charge >= 0.3 is 5.97 Å². The highest BCUT2D eigenvalue weighted by Crippen LogP contribution is 2.31. The first-order valence-electron chi connectivity index (χ1n) is 13.8. The molecule has 0 unspecified atom stereocenters. The molecule has 0 saturated carbocycles. The summed E-state index contributed by atoms with van der Waals surface area (Å²) in [5.74, 6) is 0.208. The minimum atomic E-state index is -1.05. The number of nitrogens with one attached hydrogen (secondary N) is 1. The number of hydrogen-bond acceptors (Lipinski definition) is 5. The van der Waals surface area contributed by atoms with E-state index in [1.165, 1.54) is 5.56 Å². The number of unbranched alkanes of at least 4 members (excludes halogenated alkanes) is 1. The van der Waals surface area contributed by atoms with Gasteiger partial charge in [-0.1, -0.05) is 50.3 Å². The van der Waals surface area contributed by atoms with Crippen LogP contribution in [0.15, 0.2) is 60.7 Å². The summed E-state index contributed by atoms with van der Waals surface area (Å²) in [4.78, 5) is 29.0. The van der Waals surface area contributed by atoms with Crippen LogP contribution in [0.25, 0.3) is 12.2 Å². The number of hydrogen-bond donors (Lipinski definition) is 2. The molecule has 2 N–H and O–H groups in total. The fourth-order valence-electron chi connectivity index (χ4n) is 4.46. The van der Waals surface area contributed by atoms with Crippen LogP contribution in [0.2, 0.25) is 0 Å². The van der Waals surface area contributed by atoms with Gasteiger partial charge in [0.25, 0.3) is 0 Å². The van der Waals surface area contributed by atoms with Gasteiger partial charge in [0.2, 0.25) is 11.8 Å². The molecule has 0 spiro atoms. The van der Waals surface area contributed by atoms with Crippen LogP contribution in [0, 0.1) is 12.3 Å². The van der Waals surface area contributed by atoms with Crippen molar-refractivity contribution < 1.29 is 24.2 Å². The van der Waals surface area contributed by atoms with E-state index >= 15 is 0 Å². The van der Waals surface area contributed by atoms with Crippen LogP contribution in [0.1, 0.15) is 68.3 Å². The molecule has 7 heteroatoms. The zero-order valence-corrected chi connectivity index (χ0v) is 23.9. The number of carbonyl (C=O) groups excluding carboxylic acids is 1. The highest BCUT2D eigenvalue weighted by Gasteiger charge is 2.37. The Balaban J connectivity index is 1.54. The third kappa shape index (κ3) is 8.70. The Morgan fingerprint density at radius 1 is 1.00 bits per heavy atom. The number of carboxylic acids is 1. The second-order valence-corrected chi connectivity index (χ2v) is 9.98. The number of carboxylic acid groups (broad SMARTS) is 1. The molecule has 0 saturated heterocycles. The van der Waals surface area contributed by atoms with Gasteiger partial charge in [0.15, 0.2) is 0 Å². The predicted octanol–water partition coefficient (Wildman–Crippen LogP) is 7.19. The molecule has 0 fully saturated rings. The van der Waals surface area contributed by atoms with Gasteiger partial charge in [-0.15, -0.1) is 0 Å². The van der Waals surface area contributed by atoms with E-state index in [1.807, 2.05) is 61.5 Å². The molecular weight excluding hydrogens is 504 g/mol. The Kier molecular flexibility index (Phi) is 11.3. The lowest BCUT2D eigenvalue weighted by Gasteiger charge is -2.25. The van der Waals surface area contributed by atoms with Gasteiger partial charge in [0.1, 0.15) is 5.75 Å². The maximum absolute atomic E-state index is 12.6. The zero-order chi connectivity index (χ0) is 29.0. The number of nitrogens with zero attached hydrogens (tertiary/aromatic N) is 1. The quantitative estimate of drug-likeness (QED) is 0.197. The molecule has 2 aromatic carbocycles. The Morgan fingerprint density at radius 2 is 1.75 bits per heavy atom. The summed E-state index contributed by atoms with van der Waals surface area (Å²) >= 11 is 0. The van der Waals surface area contributed by atoms with Crippen LogP contribution in [0.5, 0.6) is 11.6 Å². The first-order chi connectivity index (χ1) is 19.3. The number of aromatic nitrogens is 1. The maximum Gasteiger partial charge on any atom is 0.310 e. The van der Waals surface area contributed by atoms with Gasteiger partial charge in [-0.3, -0.25) is 9.59 Å². The summed E-state index contributed by atoms with van der Waals surface area (Å²) in [6.07, 6.45) is 7.52. The summed E-state index contributed by atoms with van der Waals surface area (Å²) in [6.45, 7) is 6.20. The number of aryl methyl sites for hydroxylation is 2. The minimum absolute atomic E-state index is 0.0627. The van der Waals surface area contributed by atoms with Gasteiger partial charge in [-0.05, 0) is 86.1 Å². The molecule has 3 rings (SSSR count). The fraction of sp³-hybridized carbons (Fsp3) is 0.364. The van der Waals surface area contributed by atoms with Crippen molar-refractivity contribution in [3.05, 3.63) is 83.0 Å². The average molecular weight is 545 g/mol. The van der Waals surface area contributed by atoms with E-state index in [2.05, 4.69) is 22.4 Å². The lowest BCUT2D eigenvalue weighted by atomic mass is 9.79. The molecule has 1 heterocycles. The van der Waals surface area contributed by atoms with Crippen molar-refractivity contribution in [1.82, 2.24) is 4.98 Å². The van der Waals surface area contributed by atoms with E-state index in [0.29, 0.717) is 31.0 Å². The van der Waals surface area contributed by atoms with E-state index in [4.69, 9.17) is 9.47 Å². The molecule has 0 radical (unpaired) electrons. The van der Waals surface area contributed by atoms with Gasteiger partial charge in [-0.25, -0.2) is 4.98 Å². The van der Waals surface area contributed by atoms with E-state index in [9.17, 15) is 14.7 Å². The molecular formula is C33H40N2O5. The number of carbonyl (C=O) groups is 2. The van der Waals surface area contributed by atoms with E-state index in [1.54, 1.807) is 27.0 Å². The minimum Gasteiger partial charge on any atom is -0.497 e. The summed E-state index contributed by atoms with van der Waals surface area (Å²) in [6, 6.07) is 19.5. The lowest BCUT2D eigenvalue weighted by molar-refractivity contribution is -0.151. The number of ether oxygens (including phenoxy) is 2. The number of methoxy groups -OCH3 is 1. The Morgan fingerprint density at radius 3 is 2.42 bits per heavy atom. The van der Waals surface area contributed by atoms with Crippen LogP contribution < -0.4 is 14.8 Å². The van der Waals surface area contributed by atoms with Crippen molar-refractivity contribution in [1.29, 1.82) is 0 Å². The molecule has 0 atom stereocenters. The second-order valence-electron chi connectivity index (χ2n) is 9.98. The van der Waals surface area contributed by atoms with Crippen molar-refractivity contribution in [2.75, 3.05) is 19.0 Å². The Bertz CT molecular complexity index is 1300. The molecule has 40 heavy (non-hydrogen) atoms. The lowest BCUT2D eigenvalue weighted by Crippen LogP contribution is -2.34. The van der Waals surface area contributed by atoms with Crippen LogP contribution >= 0.6 is 0 Å². The molecule has 1 amide bonds. The van der Waals surface area contributed by atoms with Crippen molar-refractivity contribution in [2.45, 2.75) is 59.3 Å². The third-order valence-electron chi connectivity index (χ3n) is 7.29. The molecule has 0 aliphatic rings. The van der Waals surface area contributed by atoms with Gasteiger partial charge in [0.05, 0.1) is 24.8 Å². The fourth-order valence-corrected chi connectivity index (χ4v) is 4.46. The molecule has 1 aromatic heterocycles. The molecule has 3 aromatic rings. The largest absolute Gasteiger partial charge is 0.497 e. The standard InChI is InChI=1S/C33H40N2O5/c1-5-33(6-2,32(37)38)23-30(36)34-27-12-9-11-26(22-27)16-19-29-24(3)13-20-31(35-29)40-21-8-7-10-25-14-17-28(39-4)18-15-25/h9,11-20,22H,5-8,10,21,23H2,1-4H3,(H,34,36)(H,37,38)/b19-16+. The summed E-state index contributed by atoms with van der Waals surface area (Å²) in [5, 5.41) is 12.5. The number of anilines is 1. The molecule has 0 aliphatic carbocycles. The Labute approximate surface area is 237 Å². The Hall–Kier alpha value is -4.13. The first kappa shape index (κ1) is 30.4. The van der Waals surface area contributed by atoms with Crippen molar-refractivity contribution in [2.24, 2.45) is 5.41 Å². The van der Waals surface area contributed by atoms with Crippen molar-refractivity contribution in [3.63, 3.8) is 0 Å². The summed E-state index contributed by atoms with van der Waals surface area (Å²) in [7, 11) is 1.67. The predicted molar refractivity (Wildman–Crippen MR) is 160 cm³/mol. The van der Waals surface area contributed by atoms with Crippen molar-refractivity contribution in [3.8, 4) is 11.6 Å². The SMILES string of the molecule is CCC(CC)(CC(=O)Nc1cccc(/C=C/c2nc(OCCCCc3ccc(OC)cc3)ccc2C)c1)C(=O)O. The molecule has 212 valence electrons. The van der Waals surface area contributed by atoms with Gasteiger partial charge < -0.3 is 19.9 Å². The smallest absolute Gasteiger partial charge is 0.310 e. The number of benzene rings is 2. The number of amides is 1. The van der Waals surface area contributed by atoms with Crippen LogP contribution in [-0.4, -0.2) is 35.7 Å². The van der Waals surface area contributed by atoms with E-state index in [0.717, 1.165) is 41.8 Å². The number of pyridine rings is 1. The maximum atomic E-state index is 12.6. The number of aliphatic carboxylic acids is 1. The molecule has 7 nitrogen and oxygen atoms in total. The topological polar surface area (TPSA) is 97.8 Å². The van der Waals surface area contributed by atoms with Gasteiger partial charge in [0, 0.05) is 18.2 Å². The molecule has 0 bridgehead atoms. The molecule has 0 aliphatic heterocycles. The highest BCUT2D eigenvalue weighted by atomic mass is 16.5. The summed E-state index contributed by atoms with van der Waals surface area (Å²) in [5.41, 5.74) is 3.57. The van der Waals surface area contributed by atoms with Crippen LogP contribution in [0.3, 0.4) is 0 Å². The van der Waals surface area contributed by atoms with Crippen LogP contribution in [-0.2, 0) is 16.0 Å². The average Bonchev–Trinajstić information content (AvgIpc) is 2.96. The second kappa shape index (κ2) is 14.9. The normalized spacial score (nSPS) is 11.4. The monoisotopic (exact) mass is 544 g/mol. The zero-order valence-electron chi connectivity index (χ0n) is 23.9. The summed E-state index contributed by atoms with van der Waals surface area (Å²) < 4.78 is 11.1. The third-order valence-corrected chi connectivity index (χ3v) is 7.29. The van der Waals surface area contributed by atoms with Crippen LogP contribution in [0.4, 0.5) is 5.69 Å². The first-order valence-corrected chi connectivity index (χ1v) is 13.8. The van der Waals surface area contributed by atoms with Crippen molar-refractivity contribution >= 4 is 29.7 Å². The van der Waals surface area contributed by atoms with Gasteiger partial charge in [-0.2, -0.15) is 0 Å². The van der Waals surface area contributed by atoms with E-state index in [-0.39, 0.29) is 12.3 Å². The highest BCUT2D eigenvalue weighted by molar-refractivity contribution is 5.94. The van der Waals surface area contributed by atoms with E-state index < -0.39 is 11.4 Å². The number of rotatable bonds is 15.